The van der Waals surface area contributed by atoms with Crippen molar-refractivity contribution in [3.8, 4) is 0 Å². The second-order valence-electron chi connectivity index (χ2n) is 4.13. The highest BCUT2D eigenvalue weighted by Gasteiger charge is 2.07. The summed E-state index contributed by atoms with van der Waals surface area (Å²) in [5, 5.41) is 3.34. The molecule has 2 heteroatoms. The van der Waals surface area contributed by atoms with E-state index < -0.39 is 0 Å². The maximum absolute atomic E-state index is 4.35. The van der Waals surface area contributed by atoms with Crippen LogP contribution in [0.5, 0.6) is 0 Å². The van der Waals surface area contributed by atoms with Crippen LogP contribution in [0, 0.1) is 0 Å². The highest BCUT2D eigenvalue weighted by Crippen LogP contribution is 2.09. The lowest BCUT2D eigenvalue weighted by molar-refractivity contribution is 0.510. The number of unbranched alkanes of at least 4 members (excludes halogenated alkanes) is 4. The Hall–Kier alpha value is -0.630. The van der Waals surface area contributed by atoms with Gasteiger partial charge in [-0.05, 0) is 32.1 Å². The Morgan fingerprint density at radius 3 is 2.87 bits per heavy atom. The number of nitrogens with zero attached hydrogens (tertiary/aromatic N) is 1. The average molecular weight is 208 g/mol. The number of rotatable bonds is 8. The zero-order valence-electron chi connectivity index (χ0n) is 9.91. The van der Waals surface area contributed by atoms with E-state index in [1.165, 1.54) is 44.9 Å². The van der Waals surface area contributed by atoms with Crippen LogP contribution in [0.3, 0.4) is 0 Å². The lowest BCUT2D eigenvalue weighted by atomic mass is 10.1. The summed E-state index contributed by atoms with van der Waals surface area (Å²) in [6, 6.07) is 0. The van der Waals surface area contributed by atoms with Crippen LogP contribution in [0.1, 0.15) is 51.9 Å². The van der Waals surface area contributed by atoms with Gasteiger partial charge in [-0.15, -0.1) is 0 Å². The molecule has 1 aliphatic rings. The molecule has 1 atom stereocenters. The molecule has 0 aromatic heterocycles. The van der Waals surface area contributed by atoms with Gasteiger partial charge in [0.1, 0.15) is 0 Å². The minimum absolute atomic E-state index is 0.421. The molecular formula is C13H24N2. The third-order valence-electron chi connectivity index (χ3n) is 2.73. The lowest BCUT2D eigenvalue weighted by Crippen LogP contribution is -2.21. The van der Waals surface area contributed by atoms with Gasteiger partial charge in [0, 0.05) is 12.8 Å². The van der Waals surface area contributed by atoms with E-state index in [1.54, 1.807) is 0 Å². The van der Waals surface area contributed by atoms with Gasteiger partial charge in [-0.3, -0.25) is 10.3 Å². The Bertz CT molecular complexity index is 197. The Labute approximate surface area is 93.9 Å². The monoisotopic (exact) mass is 208 g/mol. The number of allylic oxidation sites excluding steroid dienone is 2. The second kappa shape index (κ2) is 8.66. The summed E-state index contributed by atoms with van der Waals surface area (Å²) in [6.07, 6.45) is 16.0. The largest absolute Gasteiger partial charge is 0.291 e. The van der Waals surface area contributed by atoms with Gasteiger partial charge in [0.2, 0.25) is 0 Å². The van der Waals surface area contributed by atoms with Crippen molar-refractivity contribution < 1.29 is 0 Å². The SMILES string of the molecule is CC/C=C/CCCCCCC1N=CCN1. The van der Waals surface area contributed by atoms with Crippen LogP contribution in [-0.2, 0) is 0 Å². The van der Waals surface area contributed by atoms with Gasteiger partial charge < -0.3 is 0 Å². The van der Waals surface area contributed by atoms with E-state index in [4.69, 9.17) is 0 Å². The summed E-state index contributed by atoms with van der Waals surface area (Å²) in [5.41, 5.74) is 0. The van der Waals surface area contributed by atoms with Gasteiger partial charge in [-0.25, -0.2) is 0 Å². The van der Waals surface area contributed by atoms with E-state index in [2.05, 4.69) is 29.4 Å². The molecule has 0 spiro atoms. The first-order valence-corrected chi connectivity index (χ1v) is 6.33. The van der Waals surface area contributed by atoms with Gasteiger partial charge >= 0.3 is 0 Å². The lowest BCUT2D eigenvalue weighted by Gasteiger charge is -2.06. The molecule has 0 saturated heterocycles. The standard InChI is InChI=1S/C13H24N2/c1-2-3-4-5-6-7-8-9-10-13-14-11-12-15-13/h3-4,11,13,15H,2,5-10,12H2,1H3/b4-3+. The first-order valence-electron chi connectivity index (χ1n) is 6.33. The minimum atomic E-state index is 0.421. The highest BCUT2D eigenvalue weighted by atomic mass is 15.1. The predicted octanol–water partition coefficient (Wildman–Crippen LogP) is 3.29. The van der Waals surface area contributed by atoms with Gasteiger partial charge in [0.05, 0.1) is 6.17 Å². The molecule has 2 nitrogen and oxygen atoms in total. The zero-order valence-corrected chi connectivity index (χ0v) is 9.91. The van der Waals surface area contributed by atoms with E-state index in [0.717, 1.165) is 6.54 Å². The van der Waals surface area contributed by atoms with Crippen LogP contribution in [-0.4, -0.2) is 18.9 Å². The van der Waals surface area contributed by atoms with Gasteiger partial charge in [-0.2, -0.15) is 0 Å². The third-order valence-corrected chi connectivity index (χ3v) is 2.73. The predicted molar refractivity (Wildman–Crippen MR) is 67.4 cm³/mol. The molecule has 0 bridgehead atoms. The molecule has 0 aliphatic carbocycles. The molecule has 0 aromatic carbocycles. The van der Waals surface area contributed by atoms with Crippen molar-refractivity contribution in [2.75, 3.05) is 6.54 Å². The van der Waals surface area contributed by atoms with Crippen LogP contribution in [0.15, 0.2) is 17.1 Å². The van der Waals surface area contributed by atoms with Crippen LogP contribution in [0.4, 0.5) is 0 Å². The molecule has 1 N–H and O–H groups in total. The van der Waals surface area contributed by atoms with Crippen molar-refractivity contribution in [3.63, 3.8) is 0 Å². The first kappa shape index (κ1) is 12.4. The molecule has 1 aliphatic heterocycles. The second-order valence-corrected chi connectivity index (χ2v) is 4.13. The van der Waals surface area contributed by atoms with Gasteiger partial charge in [-0.1, -0.05) is 31.9 Å². The normalized spacial score (nSPS) is 20.5. The van der Waals surface area contributed by atoms with Crippen molar-refractivity contribution in [2.24, 2.45) is 4.99 Å². The van der Waals surface area contributed by atoms with Crippen LogP contribution in [0.25, 0.3) is 0 Å². The summed E-state index contributed by atoms with van der Waals surface area (Å²) >= 11 is 0. The molecule has 0 aromatic rings. The molecule has 0 fully saturated rings. The quantitative estimate of drug-likeness (QED) is 0.480. The molecule has 1 unspecified atom stereocenters. The number of hydrogen-bond donors (Lipinski definition) is 1. The third kappa shape index (κ3) is 6.45. The molecule has 0 saturated carbocycles. The summed E-state index contributed by atoms with van der Waals surface area (Å²) in [6.45, 7) is 3.15. The fraction of sp³-hybridized carbons (Fsp3) is 0.769. The zero-order chi connectivity index (χ0) is 10.8. The average Bonchev–Trinajstić information content (AvgIpc) is 2.75. The van der Waals surface area contributed by atoms with Crippen molar-refractivity contribution in [2.45, 2.75) is 58.0 Å². The Kier molecular flexibility index (Phi) is 7.18. The molecule has 15 heavy (non-hydrogen) atoms. The Balaban J connectivity index is 1.80. The summed E-state index contributed by atoms with van der Waals surface area (Å²) in [5.74, 6) is 0. The first-order chi connectivity index (χ1) is 7.43. The van der Waals surface area contributed by atoms with Crippen molar-refractivity contribution in [1.29, 1.82) is 0 Å². The van der Waals surface area contributed by atoms with Crippen molar-refractivity contribution >= 4 is 6.21 Å². The van der Waals surface area contributed by atoms with E-state index in [9.17, 15) is 0 Å². The number of nitrogens with one attached hydrogen (secondary N) is 1. The molecule has 1 rings (SSSR count). The number of aliphatic imine (C=N–C) groups is 1. The van der Waals surface area contributed by atoms with Gasteiger partial charge in [0.15, 0.2) is 0 Å². The maximum Gasteiger partial charge on any atom is 0.0993 e. The fourth-order valence-electron chi connectivity index (χ4n) is 1.84. The highest BCUT2D eigenvalue weighted by molar-refractivity contribution is 5.61. The summed E-state index contributed by atoms with van der Waals surface area (Å²) in [4.78, 5) is 4.35. The van der Waals surface area contributed by atoms with E-state index in [0.29, 0.717) is 6.17 Å². The number of hydrogen-bond acceptors (Lipinski definition) is 2. The van der Waals surface area contributed by atoms with E-state index >= 15 is 0 Å². The maximum atomic E-state index is 4.35. The summed E-state index contributed by atoms with van der Waals surface area (Å²) in [7, 11) is 0. The van der Waals surface area contributed by atoms with Gasteiger partial charge in [0.25, 0.3) is 0 Å². The Morgan fingerprint density at radius 2 is 2.13 bits per heavy atom. The van der Waals surface area contributed by atoms with Crippen molar-refractivity contribution in [1.82, 2.24) is 5.32 Å². The Morgan fingerprint density at radius 1 is 1.27 bits per heavy atom. The topological polar surface area (TPSA) is 24.4 Å². The van der Waals surface area contributed by atoms with E-state index in [1.807, 2.05) is 6.21 Å². The molecule has 0 amide bonds. The smallest absolute Gasteiger partial charge is 0.0993 e. The van der Waals surface area contributed by atoms with Crippen LogP contribution >= 0.6 is 0 Å². The van der Waals surface area contributed by atoms with Crippen molar-refractivity contribution in [3.05, 3.63) is 12.2 Å². The van der Waals surface area contributed by atoms with Crippen LogP contribution < -0.4 is 5.32 Å². The molecule has 0 radical (unpaired) electrons. The fourth-order valence-corrected chi connectivity index (χ4v) is 1.84. The van der Waals surface area contributed by atoms with E-state index in [-0.39, 0.29) is 0 Å². The van der Waals surface area contributed by atoms with Crippen LogP contribution in [0.2, 0.25) is 0 Å². The molecule has 86 valence electrons. The molecular weight excluding hydrogens is 184 g/mol. The minimum Gasteiger partial charge on any atom is -0.291 e. The molecule has 1 heterocycles. The summed E-state index contributed by atoms with van der Waals surface area (Å²) < 4.78 is 0.